The number of likely N-dealkylation sites (tertiary alicyclic amines) is 1. The van der Waals surface area contributed by atoms with Crippen molar-refractivity contribution in [1.82, 2.24) is 35.3 Å². The molecule has 226 valence electrons. The number of benzene rings is 2. The third-order valence-corrected chi connectivity index (χ3v) is 7.28. The average Bonchev–Trinajstić information content (AvgIpc) is 3.58. The maximum atomic E-state index is 14.6. The minimum Gasteiger partial charge on any atom is -0.493 e. The number of pyridine rings is 1. The van der Waals surface area contributed by atoms with E-state index in [0.717, 1.165) is 0 Å². The van der Waals surface area contributed by atoms with E-state index in [-0.39, 0.29) is 41.8 Å². The molecule has 14 heteroatoms. The zero-order valence-corrected chi connectivity index (χ0v) is 23.6. The van der Waals surface area contributed by atoms with E-state index in [0.29, 0.717) is 30.1 Å². The van der Waals surface area contributed by atoms with Crippen LogP contribution in [0.15, 0.2) is 67.3 Å². The number of hydrogen-bond donors (Lipinski definition) is 2. The Morgan fingerprint density at radius 1 is 1.09 bits per heavy atom. The lowest BCUT2D eigenvalue weighted by Gasteiger charge is -2.38. The Morgan fingerprint density at radius 3 is 2.75 bits per heavy atom. The predicted molar refractivity (Wildman–Crippen MR) is 152 cm³/mol. The van der Waals surface area contributed by atoms with Crippen molar-refractivity contribution in [3.8, 4) is 23.1 Å². The van der Waals surface area contributed by atoms with E-state index < -0.39 is 36.4 Å². The van der Waals surface area contributed by atoms with Crippen LogP contribution in [0.25, 0.3) is 5.82 Å². The van der Waals surface area contributed by atoms with Gasteiger partial charge in [0.15, 0.2) is 18.1 Å². The number of carbonyl (C=O) groups is 3. The van der Waals surface area contributed by atoms with E-state index in [1.165, 1.54) is 38.0 Å². The zero-order valence-electron chi connectivity index (χ0n) is 23.6. The maximum Gasteiger partial charge on any atom is 0.272 e. The van der Waals surface area contributed by atoms with Crippen LogP contribution in [0, 0.1) is 5.82 Å². The summed E-state index contributed by atoms with van der Waals surface area (Å²) in [6, 6.07) is 13.1. The highest BCUT2D eigenvalue weighted by atomic mass is 19.1. The molecule has 2 aromatic heterocycles. The van der Waals surface area contributed by atoms with Crippen molar-refractivity contribution in [2.75, 3.05) is 26.8 Å². The monoisotopic (exact) mass is 601 g/mol. The first-order valence-corrected chi connectivity index (χ1v) is 13.8. The molecular weight excluding hydrogens is 573 g/mol. The first-order valence-electron chi connectivity index (χ1n) is 13.8. The van der Waals surface area contributed by atoms with Gasteiger partial charge in [-0.3, -0.25) is 19.0 Å². The Balaban J connectivity index is 1.27. The molecule has 4 bridgehead atoms. The first-order chi connectivity index (χ1) is 21.4. The highest BCUT2D eigenvalue weighted by Gasteiger charge is 2.35. The van der Waals surface area contributed by atoms with Gasteiger partial charge < -0.3 is 29.7 Å². The number of amides is 3. The smallest absolute Gasteiger partial charge is 0.272 e. The minimum absolute atomic E-state index is 0.0451. The zero-order chi connectivity index (χ0) is 30.6. The summed E-state index contributed by atoms with van der Waals surface area (Å²) in [6.07, 6.45) is 2.69. The number of methoxy groups -OCH3 is 1. The highest BCUT2D eigenvalue weighted by molar-refractivity contribution is 5.95. The molecule has 0 aliphatic carbocycles. The first kappa shape index (κ1) is 28.6. The van der Waals surface area contributed by atoms with Crippen molar-refractivity contribution >= 4 is 17.7 Å². The SMILES string of the molecule is COc1ccc2cc1OCC(=O)N[C@@H]1CN(C(=O)c3cccc(-n4cnnc4)n3)CC[C@@H]1Oc1cc(F)cc(c1)CNC2=O. The van der Waals surface area contributed by atoms with E-state index >= 15 is 0 Å². The van der Waals surface area contributed by atoms with Crippen LogP contribution >= 0.6 is 0 Å². The van der Waals surface area contributed by atoms with Gasteiger partial charge >= 0.3 is 0 Å². The van der Waals surface area contributed by atoms with Gasteiger partial charge in [-0.1, -0.05) is 6.07 Å². The molecule has 0 saturated carbocycles. The molecule has 13 nitrogen and oxygen atoms in total. The number of aromatic nitrogens is 4. The van der Waals surface area contributed by atoms with Crippen molar-refractivity contribution in [3.63, 3.8) is 0 Å². The number of nitrogens with zero attached hydrogens (tertiary/aromatic N) is 5. The number of carbonyl (C=O) groups excluding carboxylic acids is 3. The number of halogens is 1. The Labute approximate surface area is 251 Å². The summed E-state index contributed by atoms with van der Waals surface area (Å²) in [5.41, 5.74) is 0.963. The van der Waals surface area contributed by atoms with Gasteiger partial charge in [0.1, 0.15) is 41.8 Å². The number of nitrogens with one attached hydrogen (secondary N) is 2. The van der Waals surface area contributed by atoms with Crippen LogP contribution in [-0.4, -0.2) is 81.3 Å². The number of fused-ring (bicyclic) bond motifs is 5. The van der Waals surface area contributed by atoms with Gasteiger partial charge in [0.2, 0.25) is 0 Å². The molecule has 4 heterocycles. The fourth-order valence-corrected chi connectivity index (χ4v) is 5.13. The number of ether oxygens (including phenoxy) is 3. The Hall–Kier alpha value is -5.53. The lowest BCUT2D eigenvalue weighted by Crippen LogP contribution is -2.58. The lowest BCUT2D eigenvalue weighted by molar-refractivity contribution is -0.125. The molecule has 2 N–H and O–H groups in total. The normalized spacial score (nSPS) is 18.6. The van der Waals surface area contributed by atoms with E-state index in [1.807, 2.05) is 0 Å². The van der Waals surface area contributed by atoms with Crippen molar-refractivity contribution < 1.29 is 33.0 Å². The van der Waals surface area contributed by atoms with Crippen LogP contribution in [0.5, 0.6) is 17.2 Å². The number of rotatable bonds is 3. The fourth-order valence-electron chi connectivity index (χ4n) is 5.13. The van der Waals surface area contributed by atoms with Gasteiger partial charge in [-0.2, -0.15) is 0 Å². The van der Waals surface area contributed by atoms with Crippen molar-refractivity contribution in [1.29, 1.82) is 0 Å². The van der Waals surface area contributed by atoms with Crippen LogP contribution in [0.2, 0.25) is 0 Å². The Bertz CT molecular complexity index is 1700. The van der Waals surface area contributed by atoms with Gasteiger partial charge in [0.05, 0.1) is 13.2 Å². The molecule has 0 unspecified atom stereocenters. The summed E-state index contributed by atoms with van der Waals surface area (Å²) in [5, 5.41) is 13.2. The summed E-state index contributed by atoms with van der Waals surface area (Å²) in [7, 11) is 1.45. The predicted octanol–water partition coefficient (Wildman–Crippen LogP) is 1.91. The summed E-state index contributed by atoms with van der Waals surface area (Å²) in [4.78, 5) is 45.5. The van der Waals surface area contributed by atoms with Crippen LogP contribution < -0.4 is 24.8 Å². The molecule has 0 radical (unpaired) electrons. The van der Waals surface area contributed by atoms with Gasteiger partial charge in [-0.05, 0) is 48.0 Å². The van der Waals surface area contributed by atoms with Crippen LogP contribution in [-0.2, 0) is 11.3 Å². The Kier molecular flexibility index (Phi) is 8.04. The minimum atomic E-state index is -0.669. The quantitative estimate of drug-likeness (QED) is 0.359. The second-order valence-electron chi connectivity index (χ2n) is 10.3. The van der Waals surface area contributed by atoms with Crippen molar-refractivity contribution in [2.24, 2.45) is 0 Å². The second kappa shape index (κ2) is 12.4. The summed E-state index contributed by atoms with van der Waals surface area (Å²) < 4.78 is 33.5. The standard InChI is InChI=1S/C30H28FN7O6/c1-42-25-6-5-19-11-26(25)43-15-28(39)36-23-14-37(30(41)22-3-2-4-27(35-22)38-16-33-34-17-38)8-7-24(23)44-21-10-18(9-20(31)12-21)13-32-29(19)40/h2-6,9-12,16-17,23-24H,7-8,13-15H2,1H3,(H,32,40)(H,36,39)/t23-,24+/m1/s1. The summed E-state index contributed by atoms with van der Waals surface area (Å²) in [6.45, 7) is 0.0483. The molecule has 1 saturated heterocycles. The largest absolute Gasteiger partial charge is 0.493 e. The molecule has 1 fully saturated rings. The van der Waals surface area contributed by atoms with Crippen molar-refractivity contribution in [2.45, 2.75) is 25.1 Å². The molecule has 44 heavy (non-hydrogen) atoms. The lowest BCUT2D eigenvalue weighted by atomic mass is 10.0. The second-order valence-corrected chi connectivity index (χ2v) is 10.3. The molecule has 4 aromatic rings. The molecule has 0 spiro atoms. The van der Waals surface area contributed by atoms with Gasteiger partial charge in [0.25, 0.3) is 17.7 Å². The van der Waals surface area contributed by atoms with Gasteiger partial charge in [0, 0.05) is 37.7 Å². The third kappa shape index (κ3) is 6.28. The molecule has 2 aliphatic rings. The summed E-state index contributed by atoms with van der Waals surface area (Å²) in [5.74, 6) is -0.538. The highest BCUT2D eigenvalue weighted by Crippen LogP contribution is 2.29. The average molecular weight is 602 g/mol. The number of hydrogen-bond acceptors (Lipinski definition) is 9. The van der Waals surface area contributed by atoms with Gasteiger partial charge in [-0.25, -0.2) is 9.37 Å². The molecule has 2 aromatic carbocycles. The van der Waals surface area contributed by atoms with Crippen LogP contribution in [0.4, 0.5) is 4.39 Å². The number of piperidine rings is 1. The fraction of sp³-hybridized carbons (Fsp3) is 0.267. The molecule has 2 aliphatic heterocycles. The maximum absolute atomic E-state index is 14.6. The van der Waals surface area contributed by atoms with E-state index in [2.05, 4.69) is 25.8 Å². The molecule has 2 atom stereocenters. The van der Waals surface area contributed by atoms with E-state index in [1.54, 1.807) is 45.9 Å². The van der Waals surface area contributed by atoms with E-state index in [9.17, 15) is 18.8 Å². The molecule has 3 amide bonds. The molecular formula is C30H28FN7O6. The molecule has 6 rings (SSSR count). The Morgan fingerprint density at radius 2 is 1.93 bits per heavy atom. The van der Waals surface area contributed by atoms with Crippen LogP contribution in [0.1, 0.15) is 32.8 Å². The van der Waals surface area contributed by atoms with Gasteiger partial charge in [-0.15, -0.1) is 10.2 Å². The van der Waals surface area contributed by atoms with E-state index in [4.69, 9.17) is 14.2 Å². The van der Waals surface area contributed by atoms with Crippen molar-refractivity contribution in [3.05, 3.63) is 89.9 Å². The topological polar surface area (TPSA) is 150 Å². The van der Waals surface area contributed by atoms with Crippen LogP contribution in [0.3, 0.4) is 0 Å². The summed E-state index contributed by atoms with van der Waals surface area (Å²) >= 11 is 0. The third-order valence-electron chi connectivity index (χ3n) is 7.28.